The summed E-state index contributed by atoms with van der Waals surface area (Å²) in [6.45, 7) is 3.83. The highest BCUT2D eigenvalue weighted by molar-refractivity contribution is 7.99. The largest absolute Gasteiger partial charge is 0.457 e. The van der Waals surface area contributed by atoms with Gasteiger partial charge in [0.2, 0.25) is 4.75 Å². The Bertz CT molecular complexity index is 5200. The number of para-hydroxylation sites is 4. The van der Waals surface area contributed by atoms with Crippen LogP contribution < -0.4 is 46.2 Å². The molecule has 8 aliphatic heterocycles. The first kappa shape index (κ1) is 99.2. The maximum absolute atomic E-state index is 13.0. The number of hydrogen-bond acceptors (Lipinski definition) is 33. The second-order valence-electron chi connectivity index (χ2n) is 29.3. The minimum Gasteiger partial charge on any atom is -0.457 e. The Hall–Kier alpha value is -9.62. The van der Waals surface area contributed by atoms with Crippen molar-refractivity contribution in [2.45, 2.75) is 102 Å². The number of carbonyl (C=O) groups excluding carboxylic acids is 4. The lowest BCUT2D eigenvalue weighted by Crippen LogP contribution is -2.64. The number of nitrogens with zero attached hydrogens (tertiary/aromatic N) is 1. The van der Waals surface area contributed by atoms with Crippen LogP contribution in [0.2, 0.25) is 0 Å². The molecule has 0 saturated carbocycles. The summed E-state index contributed by atoms with van der Waals surface area (Å²) in [6, 6.07) is 58.7. The maximum atomic E-state index is 13.0. The van der Waals surface area contributed by atoms with Crippen molar-refractivity contribution >= 4 is 84.6 Å². The Balaban J connectivity index is 0.000000172. The van der Waals surface area contributed by atoms with Crippen molar-refractivity contribution in [3.8, 4) is 46.0 Å². The molecular formula is C83H100N6O30S6. The highest BCUT2D eigenvalue weighted by atomic mass is 32.2. The van der Waals surface area contributed by atoms with Gasteiger partial charge in [0.05, 0.1) is 89.0 Å². The van der Waals surface area contributed by atoms with Crippen LogP contribution in [0.25, 0.3) is 0 Å². The summed E-state index contributed by atoms with van der Waals surface area (Å²) in [5.74, 6) is 0.834. The van der Waals surface area contributed by atoms with E-state index in [9.17, 15) is 61.3 Å². The zero-order valence-corrected chi connectivity index (χ0v) is 72.5. The van der Waals surface area contributed by atoms with E-state index in [1.807, 2.05) is 79.5 Å². The van der Waals surface area contributed by atoms with Crippen LogP contribution in [0.1, 0.15) is 38.5 Å². The molecule has 678 valence electrons. The minimum absolute atomic E-state index is 0.000196. The van der Waals surface area contributed by atoms with Crippen LogP contribution in [0.3, 0.4) is 0 Å². The summed E-state index contributed by atoms with van der Waals surface area (Å²) in [5.41, 5.74) is 5.63. The van der Waals surface area contributed by atoms with E-state index in [0.717, 1.165) is 50.5 Å². The van der Waals surface area contributed by atoms with Gasteiger partial charge in [-0.3, -0.25) is 40.0 Å². The number of aliphatic hydroxyl groups is 4. The molecule has 8 fully saturated rings. The molecule has 6 atom stereocenters. The van der Waals surface area contributed by atoms with Gasteiger partial charge in [-0.05, 0) is 197 Å². The number of hydroxylamine groups is 4. The Morgan fingerprint density at radius 2 is 0.760 bits per heavy atom. The third-order valence-electron chi connectivity index (χ3n) is 20.4. The molecule has 0 aromatic heterocycles. The van der Waals surface area contributed by atoms with Crippen LogP contribution in [0.5, 0.6) is 46.0 Å². The third-order valence-corrected chi connectivity index (χ3v) is 33.2. The third kappa shape index (κ3) is 25.4. The van der Waals surface area contributed by atoms with Gasteiger partial charge in [0, 0.05) is 45.0 Å². The predicted molar refractivity (Wildman–Crippen MR) is 453 cm³/mol. The predicted octanol–water partition coefficient (Wildman–Crippen LogP) is 5.56. The molecule has 6 unspecified atom stereocenters. The van der Waals surface area contributed by atoms with Gasteiger partial charge in [0.25, 0.3) is 23.6 Å². The number of rotatable bonds is 20. The van der Waals surface area contributed by atoms with E-state index >= 15 is 0 Å². The smallest absolute Gasteiger partial charge is 0.270 e. The number of β-amino-alcohol motifs (C(OH)–C–C–N with tert-alkyl or cyclic N) is 1. The van der Waals surface area contributed by atoms with E-state index in [-0.39, 0.29) is 89.8 Å². The van der Waals surface area contributed by atoms with E-state index in [2.05, 4.69) is 15.0 Å². The van der Waals surface area contributed by atoms with Crippen molar-refractivity contribution < 1.29 is 140 Å². The number of amides is 4. The molecule has 8 aliphatic rings. The second-order valence-corrected chi connectivity index (χ2v) is 41.7. The molecule has 4 amide bonds. The lowest BCUT2D eigenvalue weighted by atomic mass is 10.1. The molecule has 0 spiro atoms. The number of likely N-dealkylation sites (N-methyl/N-ethyl adjacent to an activating group) is 1. The number of likely N-dealkylation sites (tertiary alicyclic amines) is 1. The molecule has 36 nitrogen and oxygen atoms in total. The van der Waals surface area contributed by atoms with Crippen molar-refractivity contribution in [1.82, 2.24) is 32.1 Å². The van der Waals surface area contributed by atoms with Gasteiger partial charge < -0.3 is 68.5 Å². The van der Waals surface area contributed by atoms with Gasteiger partial charge in [-0.1, -0.05) is 72.8 Å². The van der Waals surface area contributed by atoms with Gasteiger partial charge in [0.1, 0.15) is 52.1 Å². The fourth-order valence-corrected chi connectivity index (χ4v) is 24.2. The van der Waals surface area contributed by atoms with Crippen LogP contribution in [-0.4, -0.2) is 264 Å². The van der Waals surface area contributed by atoms with Crippen molar-refractivity contribution in [3.05, 3.63) is 218 Å². The normalized spacial score (nSPS) is 22.1. The second kappa shape index (κ2) is 45.7. The average Bonchev–Trinajstić information content (AvgIpc) is 1.73. The lowest BCUT2D eigenvalue weighted by Gasteiger charge is -2.37. The maximum Gasteiger partial charge on any atom is 0.270 e. The SMILES string of the molecule is CN1CCC(O)C1.O=C(NO)C1(S(=O)(=O)c2ccc(Oc3ccccc3)cc2)CCNC1.O=C(NO)C1(S(=O)(=O)c2ccc(Oc3ccccc3)cc2)CCOC1.O=C(NO)C1(S(=O)(=O)c2ccc(Oc3ccccc3)cc2)CCS(=O)(=O)C1.O=C(NO)C1(S(=O)(=O)c2ccc(Oc3ccccc3)cc2)COC1.OC1CCOC1.OC1CCSC1.OC1COC1. The average molecular weight is 1850 g/mol. The highest BCUT2D eigenvalue weighted by Gasteiger charge is 2.60. The number of ether oxygens (including phenoxy) is 8. The molecular weight excluding hydrogens is 1750 g/mol. The van der Waals surface area contributed by atoms with Crippen LogP contribution >= 0.6 is 11.8 Å². The van der Waals surface area contributed by atoms with Crippen molar-refractivity contribution in [1.29, 1.82) is 0 Å². The van der Waals surface area contributed by atoms with Crippen LogP contribution in [-0.2, 0) is 87.3 Å². The topological polar surface area (TPSA) is 538 Å². The molecule has 42 heteroatoms. The van der Waals surface area contributed by atoms with E-state index in [1.54, 1.807) is 60.7 Å². The summed E-state index contributed by atoms with van der Waals surface area (Å²) in [7, 11) is -18.1. The first-order chi connectivity index (χ1) is 59.6. The summed E-state index contributed by atoms with van der Waals surface area (Å²) in [5, 5.41) is 73.1. The molecule has 13 N–H and O–H groups in total. The molecule has 125 heavy (non-hydrogen) atoms. The van der Waals surface area contributed by atoms with E-state index in [4.69, 9.17) is 74.4 Å². The standard InChI is InChI=1S/C17H18N2O5S.C17H17NO7S2.C17H17NO6S.C16H15NO6S.C5H11NO.C4H8O2.C4H8OS.C3H6O2/c20-16(19-21)17(10-11-18-12-17)25(22,23)15-8-6-14(7-9-15)24-13-4-2-1-3-5-13;19-16(18-20)17(10-11-26(21,22)12-17)27(23,24)15-8-6-14(7-9-15)25-13-4-2-1-3-5-13;19-16(18-20)17(10-11-23-12-17)25(21,22)15-8-6-14(7-9-15)24-13-4-2-1-3-5-13;18-15(17-19)16(10-22-11-16)24(20,21)14-8-6-13(7-9-14)23-12-4-2-1-3-5-12;1-6-3-2-5(7)4-6;2*5-4-1-2-6-3-4;4-3-1-5-2-3/h1-9,18,21H,10-12H2,(H,19,20);1-9,20H,10-12H2,(H,18,19);1-9,20H,10-12H2,(H,18,19);1-9,19H,10-11H2,(H,17,18);5,7H,2-4H2,1H3;2*4-5H,1-3H2;3-4H,1-2H2. The molecule has 8 heterocycles. The van der Waals surface area contributed by atoms with Gasteiger partial charge in [-0.2, -0.15) is 11.8 Å². The fraction of sp³-hybridized carbons (Fsp3) is 0.373. The van der Waals surface area contributed by atoms with Crippen molar-refractivity contribution in [2.75, 3.05) is 109 Å². The Labute approximate surface area is 727 Å². The molecule has 0 bridgehead atoms. The van der Waals surface area contributed by atoms with Gasteiger partial charge in [-0.25, -0.2) is 64.0 Å². The summed E-state index contributed by atoms with van der Waals surface area (Å²) in [4.78, 5) is 49.8. The first-order valence-corrected chi connectivity index (χ1v) is 47.9. The van der Waals surface area contributed by atoms with Gasteiger partial charge in [-0.15, -0.1) is 0 Å². The number of sulfone groups is 5. The summed E-state index contributed by atoms with van der Waals surface area (Å²) in [6.07, 6.45) is 2.04. The number of hydrogen-bond donors (Lipinski definition) is 13. The summed E-state index contributed by atoms with van der Waals surface area (Å²) >= 11 is 1.83. The molecule has 0 aliphatic carbocycles. The van der Waals surface area contributed by atoms with Gasteiger partial charge in [0.15, 0.2) is 63.4 Å². The molecule has 8 saturated heterocycles. The number of aliphatic hydroxyl groups excluding tert-OH is 4. The number of nitrogens with one attached hydrogen (secondary N) is 5. The van der Waals surface area contributed by atoms with Crippen LogP contribution in [0.4, 0.5) is 0 Å². The van der Waals surface area contributed by atoms with E-state index < -0.39 is 110 Å². The lowest BCUT2D eigenvalue weighted by molar-refractivity contribution is -0.143. The molecule has 0 radical (unpaired) electrons. The van der Waals surface area contributed by atoms with Crippen LogP contribution in [0.15, 0.2) is 238 Å². The fourth-order valence-electron chi connectivity index (χ4n) is 13.0. The van der Waals surface area contributed by atoms with E-state index in [0.29, 0.717) is 72.4 Å². The number of benzene rings is 8. The minimum atomic E-state index is -4.38. The monoisotopic (exact) mass is 1850 g/mol. The van der Waals surface area contributed by atoms with E-state index in [1.165, 1.54) is 119 Å². The Morgan fingerprint density at radius 3 is 1.00 bits per heavy atom. The van der Waals surface area contributed by atoms with Gasteiger partial charge >= 0.3 is 0 Å². The highest BCUT2D eigenvalue weighted by Crippen LogP contribution is 2.40. The molecule has 8 aromatic rings. The van der Waals surface area contributed by atoms with Crippen molar-refractivity contribution in [2.24, 2.45) is 0 Å². The molecule has 16 rings (SSSR count). The molecule has 8 aromatic carbocycles. The zero-order valence-electron chi connectivity index (χ0n) is 67.6. The Kier molecular flexibility index (Phi) is 36.2. The number of thioether (sulfide) groups is 1. The summed E-state index contributed by atoms with van der Waals surface area (Å²) < 4.78 is 161. The Morgan fingerprint density at radius 1 is 0.408 bits per heavy atom. The first-order valence-electron chi connectivity index (χ1n) is 38.9. The zero-order chi connectivity index (χ0) is 90.5. The quantitative estimate of drug-likeness (QED) is 0.0328. The van der Waals surface area contributed by atoms with Crippen LogP contribution in [0, 0.1) is 0 Å². The number of carbonyl (C=O) groups is 4. The van der Waals surface area contributed by atoms with Crippen molar-refractivity contribution in [3.63, 3.8) is 0 Å².